The smallest absolute Gasteiger partial charge is 0.132 e. The molecule has 59 valence electrons. The lowest BCUT2D eigenvalue weighted by molar-refractivity contribution is 0.413. The summed E-state index contributed by atoms with van der Waals surface area (Å²) in [4.78, 5) is 0. The zero-order valence-corrected chi connectivity index (χ0v) is 7.22. The van der Waals surface area contributed by atoms with Gasteiger partial charge in [0.05, 0.1) is 0 Å². The first-order valence-corrected chi connectivity index (χ1v) is 3.76. The second-order valence-electron chi connectivity index (χ2n) is 2.62. The molecule has 1 rings (SSSR count). The minimum absolute atomic E-state index is 0.943. The fourth-order valence-corrected chi connectivity index (χ4v) is 1.06. The lowest BCUT2D eigenvalue weighted by atomic mass is 10.1. The van der Waals surface area contributed by atoms with Gasteiger partial charge in [-0.05, 0) is 32.4 Å². The third-order valence-corrected chi connectivity index (χ3v) is 1.58. The molecule has 0 fully saturated rings. The maximum absolute atomic E-state index is 5.27. The van der Waals surface area contributed by atoms with Gasteiger partial charge in [-0.2, -0.15) is 0 Å². The molecular weight excluding hydrogens is 136 g/mol. The Kier molecular flexibility index (Phi) is 2.53. The Morgan fingerprint density at radius 3 is 2.55 bits per heavy atom. The van der Waals surface area contributed by atoms with Crippen LogP contribution in [0.25, 0.3) is 0 Å². The normalized spacial score (nSPS) is 9.73. The molecule has 0 aromatic heterocycles. The van der Waals surface area contributed by atoms with Crippen LogP contribution in [-0.2, 0) is 0 Å². The number of benzene rings is 1. The lowest BCUT2D eigenvalue weighted by Gasteiger charge is -2.05. The summed E-state index contributed by atoms with van der Waals surface area (Å²) >= 11 is 0. The first-order chi connectivity index (χ1) is 5.24. The van der Waals surface area contributed by atoms with Crippen molar-refractivity contribution in [1.29, 1.82) is 0 Å². The standard InChI is InChI=1S/C10H13O/c1-4-11-10-6-5-8(2)7-9(10)3/h4-7H,1-3H3. The van der Waals surface area contributed by atoms with E-state index in [2.05, 4.69) is 13.0 Å². The molecule has 0 bridgehead atoms. The highest BCUT2D eigenvalue weighted by atomic mass is 16.5. The van der Waals surface area contributed by atoms with Crippen LogP contribution in [-0.4, -0.2) is 0 Å². The largest absolute Gasteiger partial charge is 0.487 e. The number of rotatable bonds is 2. The van der Waals surface area contributed by atoms with E-state index in [-0.39, 0.29) is 0 Å². The zero-order valence-electron chi connectivity index (χ0n) is 7.22. The van der Waals surface area contributed by atoms with Gasteiger partial charge in [0.2, 0.25) is 0 Å². The second kappa shape index (κ2) is 3.42. The van der Waals surface area contributed by atoms with Crippen LogP contribution < -0.4 is 4.74 Å². The quantitative estimate of drug-likeness (QED) is 0.628. The molecule has 11 heavy (non-hydrogen) atoms. The van der Waals surface area contributed by atoms with Crippen molar-refractivity contribution in [3.8, 4) is 5.75 Å². The van der Waals surface area contributed by atoms with Gasteiger partial charge in [0.15, 0.2) is 0 Å². The van der Waals surface area contributed by atoms with E-state index in [1.54, 1.807) is 6.61 Å². The van der Waals surface area contributed by atoms with Crippen LogP contribution >= 0.6 is 0 Å². The van der Waals surface area contributed by atoms with Crippen LogP contribution in [0, 0.1) is 20.5 Å². The Morgan fingerprint density at radius 2 is 2.00 bits per heavy atom. The molecule has 0 spiro atoms. The fraction of sp³-hybridized carbons (Fsp3) is 0.300. The van der Waals surface area contributed by atoms with E-state index in [1.165, 1.54) is 11.1 Å². The van der Waals surface area contributed by atoms with Crippen molar-refractivity contribution >= 4 is 0 Å². The van der Waals surface area contributed by atoms with Crippen molar-refractivity contribution < 1.29 is 4.74 Å². The first-order valence-electron chi connectivity index (χ1n) is 3.76. The Bertz CT molecular complexity index is 241. The predicted octanol–water partition coefficient (Wildman–Crippen LogP) is 2.86. The number of hydrogen-bond donors (Lipinski definition) is 0. The number of hydrogen-bond acceptors (Lipinski definition) is 1. The molecule has 0 amide bonds. The molecule has 1 aromatic carbocycles. The van der Waals surface area contributed by atoms with Gasteiger partial charge in [-0.1, -0.05) is 17.7 Å². The fourth-order valence-electron chi connectivity index (χ4n) is 1.06. The molecule has 0 aliphatic rings. The molecule has 1 nitrogen and oxygen atoms in total. The monoisotopic (exact) mass is 149 g/mol. The topological polar surface area (TPSA) is 9.23 Å². The van der Waals surface area contributed by atoms with E-state index >= 15 is 0 Å². The van der Waals surface area contributed by atoms with Crippen LogP contribution in [0.1, 0.15) is 18.1 Å². The van der Waals surface area contributed by atoms with E-state index in [9.17, 15) is 0 Å². The third kappa shape index (κ3) is 1.97. The van der Waals surface area contributed by atoms with Crippen LogP contribution in [0.4, 0.5) is 0 Å². The molecule has 1 radical (unpaired) electrons. The van der Waals surface area contributed by atoms with Gasteiger partial charge >= 0.3 is 0 Å². The average Bonchev–Trinajstić information content (AvgIpc) is 1.95. The molecule has 1 aromatic rings. The molecule has 0 aliphatic carbocycles. The highest BCUT2D eigenvalue weighted by molar-refractivity contribution is 5.35. The molecule has 0 N–H and O–H groups in total. The van der Waals surface area contributed by atoms with Gasteiger partial charge in [-0.15, -0.1) is 0 Å². The maximum atomic E-state index is 5.27. The van der Waals surface area contributed by atoms with E-state index in [1.807, 2.05) is 26.0 Å². The first kappa shape index (κ1) is 8.12. The van der Waals surface area contributed by atoms with Crippen LogP contribution in [0.2, 0.25) is 0 Å². The highest BCUT2D eigenvalue weighted by Gasteiger charge is 1.96. The average molecular weight is 149 g/mol. The molecule has 0 saturated heterocycles. The molecule has 0 atom stereocenters. The third-order valence-electron chi connectivity index (χ3n) is 1.58. The van der Waals surface area contributed by atoms with Gasteiger partial charge in [0, 0.05) is 0 Å². The zero-order chi connectivity index (χ0) is 8.27. The molecular formula is C10H13O. The van der Waals surface area contributed by atoms with Crippen molar-refractivity contribution in [1.82, 2.24) is 0 Å². The summed E-state index contributed by atoms with van der Waals surface area (Å²) in [5.74, 6) is 0.943. The Labute approximate surface area is 68.0 Å². The summed E-state index contributed by atoms with van der Waals surface area (Å²) in [5, 5.41) is 0. The summed E-state index contributed by atoms with van der Waals surface area (Å²) < 4.78 is 5.27. The summed E-state index contributed by atoms with van der Waals surface area (Å²) in [6.45, 7) is 7.69. The van der Waals surface area contributed by atoms with Crippen LogP contribution in [0.15, 0.2) is 18.2 Å². The van der Waals surface area contributed by atoms with Gasteiger partial charge in [-0.25, -0.2) is 0 Å². The number of ether oxygens (including phenoxy) is 1. The van der Waals surface area contributed by atoms with E-state index in [0.717, 1.165) is 5.75 Å². The molecule has 0 saturated carbocycles. The molecule has 1 heteroatoms. The summed E-state index contributed by atoms with van der Waals surface area (Å²) in [6, 6.07) is 6.15. The van der Waals surface area contributed by atoms with Gasteiger partial charge in [-0.3, -0.25) is 0 Å². The lowest BCUT2D eigenvalue weighted by Crippen LogP contribution is -1.88. The summed E-state index contributed by atoms with van der Waals surface area (Å²) in [6.07, 6.45) is 0. The van der Waals surface area contributed by atoms with Gasteiger partial charge < -0.3 is 4.74 Å². The van der Waals surface area contributed by atoms with Crippen molar-refractivity contribution in [2.45, 2.75) is 20.8 Å². The van der Waals surface area contributed by atoms with Gasteiger partial charge in [0.25, 0.3) is 0 Å². The Balaban J connectivity index is 2.90. The Morgan fingerprint density at radius 1 is 1.27 bits per heavy atom. The highest BCUT2D eigenvalue weighted by Crippen LogP contribution is 2.18. The molecule has 0 heterocycles. The van der Waals surface area contributed by atoms with Crippen molar-refractivity contribution in [2.75, 3.05) is 0 Å². The predicted molar refractivity (Wildman–Crippen MR) is 46.5 cm³/mol. The van der Waals surface area contributed by atoms with E-state index in [0.29, 0.717) is 0 Å². The van der Waals surface area contributed by atoms with Crippen molar-refractivity contribution in [2.24, 2.45) is 0 Å². The SMILES string of the molecule is C[CH]Oc1ccc(C)cc1C. The van der Waals surface area contributed by atoms with Crippen molar-refractivity contribution in [3.05, 3.63) is 35.9 Å². The second-order valence-corrected chi connectivity index (χ2v) is 2.62. The summed E-state index contributed by atoms with van der Waals surface area (Å²) in [7, 11) is 0. The minimum Gasteiger partial charge on any atom is -0.487 e. The Hall–Kier alpha value is -0.980. The van der Waals surface area contributed by atoms with E-state index < -0.39 is 0 Å². The summed E-state index contributed by atoms with van der Waals surface area (Å²) in [5.41, 5.74) is 2.45. The van der Waals surface area contributed by atoms with Crippen LogP contribution in [0.3, 0.4) is 0 Å². The van der Waals surface area contributed by atoms with Gasteiger partial charge in [0.1, 0.15) is 12.4 Å². The molecule has 0 aliphatic heterocycles. The van der Waals surface area contributed by atoms with E-state index in [4.69, 9.17) is 4.74 Å². The molecule has 0 unspecified atom stereocenters. The maximum Gasteiger partial charge on any atom is 0.132 e. The minimum atomic E-state index is 0.943. The van der Waals surface area contributed by atoms with Crippen molar-refractivity contribution in [3.63, 3.8) is 0 Å². The number of aryl methyl sites for hydroxylation is 2. The van der Waals surface area contributed by atoms with Crippen LogP contribution in [0.5, 0.6) is 5.75 Å².